The number of imidazole rings is 1. The summed E-state index contributed by atoms with van der Waals surface area (Å²) in [6.45, 7) is 2.47. The summed E-state index contributed by atoms with van der Waals surface area (Å²) < 4.78 is 6.97. The number of amides is 1. The number of hydrogen-bond acceptors (Lipinski definition) is 3. The monoisotopic (exact) mass is 309 g/mol. The summed E-state index contributed by atoms with van der Waals surface area (Å²) in [7, 11) is 1.63. The van der Waals surface area contributed by atoms with Crippen LogP contribution in [0.1, 0.15) is 28.7 Å². The van der Waals surface area contributed by atoms with Crippen LogP contribution in [-0.2, 0) is 13.0 Å². The van der Waals surface area contributed by atoms with Gasteiger partial charge in [-0.2, -0.15) is 0 Å². The van der Waals surface area contributed by atoms with Crippen LogP contribution in [0.4, 0.5) is 0 Å². The molecule has 1 aromatic carbocycles. The molecule has 0 saturated carbocycles. The molecule has 0 radical (unpaired) electrons. The SMILES string of the molecule is CCc1nc2ccccn2c1C(=O)NCc1ccc(OC)cc1. The van der Waals surface area contributed by atoms with Crippen molar-refractivity contribution in [3.8, 4) is 5.75 Å². The number of methoxy groups -OCH3 is 1. The third kappa shape index (κ3) is 3.04. The highest BCUT2D eigenvalue weighted by Gasteiger charge is 2.17. The molecule has 5 nitrogen and oxygen atoms in total. The van der Waals surface area contributed by atoms with Gasteiger partial charge in [-0.15, -0.1) is 0 Å². The van der Waals surface area contributed by atoms with Gasteiger partial charge < -0.3 is 10.1 Å². The first-order chi connectivity index (χ1) is 11.2. The second-order valence-electron chi connectivity index (χ2n) is 5.22. The highest BCUT2D eigenvalue weighted by Crippen LogP contribution is 2.14. The van der Waals surface area contributed by atoms with Gasteiger partial charge in [-0.25, -0.2) is 4.98 Å². The normalized spacial score (nSPS) is 10.7. The van der Waals surface area contributed by atoms with E-state index in [1.165, 1.54) is 0 Å². The van der Waals surface area contributed by atoms with Crippen LogP contribution in [0.15, 0.2) is 48.7 Å². The number of benzene rings is 1. The van der Waals surface area contributed by atoms with Crippen molar-refractivity contribution in [2.24, 2.45) is 0 Å². The topological polar surface area (TPSA) is 55.6 Å². The van der Waals surface area contributed by atoms with Gasteiger partial charge in [-0.1, -0.05) is 25.1 Å². The van der Waals surface area contributed by atoms with E-state index in [0.717, 1.165) is 22.7 Å². The second kappa shape index (κ2) is 6.52. The van der Waals surface area contributed by atoms with Crippen LogP contribution in [0.2, 0.25) is 0 Å². The summed E-state index contributed by atoms with van der Waals surface area (Å²) in [4.78, 5) is 17.1. The van der Waals surface area contributed by atoms with Gasteiger partial charge in [-0.05, 0) is 36.2 Å². The Morgan fingerprint density at radius 3 is 2.70 bits per heavy atom. The van der Waals surface area contributed by atoms with Crippen molar-refractivity contribution in [1.29, 1.82) is 0 Å². The molecule has 5 heteroatoms. The molecule has 1 amide bonds. The Bertz CT molecular complexity index is 822. The Kier molecular flexibility index (Phi) is 4.28. The molecule has 0 aliphatic rings. The molecule has 3 rings (SSSR count). The number of nitrogens with one attached hydrogen (secondary N) is 1. The Morgan fingerprint density at radius 2 is 2.00 bits per heavy atom. The van der Waals surface area contributed by atoms with Crippen LogP contribution in [0.5, 0.6) is 5.75 Å². The van der Waals surface area contributed by atoms with E-state index in [1.54, 1.807) is 7.11 Å². The maximum atomic E-state index is 12.6. The Morgan fingerprint density at radius 1 is 1.22 bits per heavy atom. The first-order valence-electron chi connectivity index (χ1n) is 7.60. The van der Waals surface area contributed by atoms with E-state index < -0.39 is 0 Å². The predicted octanol–water partition coefficient (Wildman–Crippen LogP) is 2.84. The number of ether oxygens (including phenoxy) is 1. The average Bonchev–Trinajstić information content (AvgIpc) is 2.98. The quantitative estimate of drug-likeness (QED) is 0.788. The molecule has 23 heavy (non-hydrogen) atoms. The average molecular weight is 309 g/mol. The number of hydrogen-bond donors (Lipinski definition) is 1. The molecule has 0 bridgehead atoms. The minimum Gasteiger partial charge on any atom is -0.497 e. The minimum absolute atomic E-state index is 0.114. The summed E-state index contributed by atoms with van der Waals surface area (Å²) in [5.74, 6) is 0.687. The number of aromatic nitrogens is 2. The predicted molar refractivity (Wildman–Crippen MR) is 88.7 cm³/mol. The summed E-state index contributed by atoms with van der Waals surface area (Å²) in [5.41, 5.74) is 3.23. The number of pyridine rings is 1. The van der Waals surface area contributed by atoms with Gasteiger partial charge in [0.25, 0.3) is 5.91 Å². The van der Waals surface area contributed by atoms with Crippen LogP contribution in [0.3, 0.4) is 0 Å². The second-order valence-corrected chi connectivity index (χ2v) is 5.22. The van der Waals surface area contributed by atoms with E-state index in [-0.39, 0.29) is 5.91 Å². The number of carbonyl (C=O) groups is 1. The van der Waals surface area contributed by atoms with Crippen LogP contribution in [-0.4, -0.2) is 22.4 Å². The van der Waals surface area contributed by atoms with Crippen molar-refractivity contribution in [2.45, 2.75) is 19.9 Å². The van der Waals surface area contributed by atoms with E-state index in [9.17, 15) is 4.79 Å². The van der Waals surface area contributed by atoms with E-state index in [4.69, 9.17) is 4.74 Å². The molecule has 0 fully saturated rings. The molecule has 0 aliphatic carbocycles. The van der Waals surface area contributed by atoms with Gasteiger partial charge >= 0.3 is 0 Å². The smallest absolute Gasteiger partial charge is 0.270 e. The van der Waals surface area contributed by atoms with E-state index in [0.29, 0.717) is 18.7 Å². The number of aryl methyl sites for hydroxylation is 1. The van der Waals surface area contributed by atoms with Crippen molar-refractivity contribution >= 4 is 11.6 Å². The summed E-state index contributed by atoms with van der Waals surface area (Å²) in [6.07, 6.45) is 2.58. The van der Waals surface area contributed by atoms with Crippen LogP contribution in [0, 0.1) is 0 Å². The van der Waals surface area contributed by atoms with Crippen molar-refractivity contribution in [3.05, 3.63) is 65.6 Å². The van der Waals surface area contributed by atoms with Crippen molar-refractivity contribution in [2.75, 3.05) is 7.11 Å². The first kappa shape index (κ1) is 15.1. The molecular weight excluding hydrogens is 290 g/mol. The van der Waals surface area contributed by atoms with Gasteiger partial charge in [0.1, 0.15) is 17.1 Å². The molecule has 0 saturated heterocycles. The van der Waals surface area contributed by atoms with E-state index in [2.05, 4.69) is 10.3 Å². The maximum absolute atomic E-state index is 12.6. The summed E-state index contributed by atoms with van der Waals surface area (Å²) in [5, 5.41) is 2.97. The summed E-state index contributed by atoms with van der Waals surface area (Å²) >= 11 is 0. The molecule has 0 spiro atoms. The van der Waals surface area contributed by atoms with E-state index >= 15 is 0 Å². The zero-order valence-corrected chi connectivity index (χ0v) is 13.2. The van der Waals surface area contributed by atoms with E-state index in [1.807, 2.05) is 60.0 Å². The lowest BCUT2D eigenvalue weighted by Gasteiger charge is -2.07. The molecule has 3 aromatic rings. The lowest BCUT2D eigenvalue weighted by atomic mass is 10.2. The molecule has 118 valence electrons. The first-order valence-corrected chi connectivity index (χ1v) is 7.60. The molecule has 0 atom stereocenters. The number of nitrogens with zero attached hydrogens (tertiary/aromatic N) is 2. The van der Waals surface area contributed by atoms with Crippen molar-refractivity contribution in [1.82, 2.24) is 14.7 Å². The fraction of sp³-hybridized carbons (Fsp3) is 0.222. The maximum Gasteiger partial charge on any atom is 0.270 e. The molecule has 2 aromatic heterocycles. The minimum atomic E-state index is -0.114. The Balaban J connectivity index is 1.80. The van der Waals surface area contributed by atoms with Crippen LogP contribution < -0.4 is 10.1 Å². The third-order valence-electron chi connectivity index (χ3n) is 3.76. The van der Waals surface area contributed by atoms with Crippen molar-refractivity contribution in [3.63, 3.8) is 0 Å². The van der Waals surface area contributed by atoms with Gasteiger partial charge in [0.05, 0.1) is 12.8 Å². The van der Waals surface area contributed by atoms with Crippen molar-refractivity contribution < 1.29 is 9.53 Å². The van der Waals surface area contributed by atoms with Gasteiger partial charge in [0, 0.05) is 12.7 Å². The van der Waals surface area contributed by atoms with Crippen LogP contribution >= 0.6 is 0 Å². The Labute approximate surface area is 134 Å². The number of fused-ring (bicyclic) bond motifs is 1. The summed E-state index contributed by atoms with van der Waals surface area (Å²) in [6, 6.07) is 13.4. The molecule has 0 aliphatic heterocycles. The van der Waals surface area contributed by atoms with Crippen LogP contribution in [0.25, 0.3) is 5.65 Å². The molecule has 1 N–H and O–H groups in total. The fourth-order valence-electron chi connectivity index (χ4n) is 2.54. The molecule has 2 heterocycles. The lowest BCUT2D eigenvalue weighted by Crippen LogP contribution is -2.25. The third-order valence-corrected chi connectivity index (χ3v) is 3.76. The number of carbonyl (C=O) groups excluding carboxylic acids is 1. The zero-order valence-electron chi connectivity index (χ0n) is 13.2. The molecule has 0 unspecified atom stereocenters. The van der Waals surface area contributed by atoms with Gasteiger partial charge in [-0.3, -0.25) is 9.20 Å². The highest BCUT2D eigenvalue weighted by atomic mass is 16.5. The van der Waals surface area contributed by atoms with Gasteiger partial charge in [0.2, 0.25) is 0 Å². The highest BCUT2D eigenvalue weighted by molar-refractivity contribution is 5.94. The molecular formula is C18H19N3O2. The largest absolute Gasteiger partial charge is 0.497 e. The fourth-order valence-corrected chi connectivity index (χ4v) is 2.54. The number of rotatable bonds is 5. The zero-order chi connectivity index (χ0) is 16.2. The standard InChI is InChI=1S/C18H19N3O2/c1-3-15-17(21-11-5-4-6-16(21)20-15)18(22)19-12-13-7-9-14(23-2)10-8-13/h4-11H,3,12H2,1-2H3,(H,19,22). The Hall–Kier alpha value is -2.82. The lowest BCUT2D eigenvalue weighted by molar-refractivity contribution is 0.0944. The van der Waals surface area contributed by atoms with Gasteiger partial charge in [0.15, 0.2) is 0 Å².